The van der Waals surface area contributed by atoms with Gasteiger partial charge in [-0.1, -0.05) is 22.0 Å². The van der Waals surface area contributed by atoms with Crippen molar-refractivity contribution in [2.24, 2.45) is 0 Å². The Bertz CT molecular complexity index is 845. The molecule has 0 saturated carbocycles. The van der Waals surface area contributed by atoms with Gasteiger partial charge in [0.2, 0.25) is 0 Å². The van der Waals surface area contributed by atoms with Gasteiger partial charge in [-0.25, -0.2) is 9.37 Å². The van der Waals surface area contributed by atoms with Crippen LogP contribution >= 0.6 is 43.5 Å². The van der Waals surface area contributed by atoms with Crippen molar-refractivity contribution in [1.29, 1.82) is 0 Å². The highest BCUT2D eigenvalue weighted by Gasteiger charge is 2.16. The highest BCUT2D eigenvalue weighted by atomic mass is 79.9. The zero-order valence-electron chi connectivity index (χ0n) is 11.0. The van der Waals surface area contributed by atoms with E-state index in [-0.39, 0.29) is 11.7 Å². The molecule has 0 aliphatic heterocycles. The molecule has 0 fully saturated rings. The summed E-state index contributed by atoms with van der Waals surface area (Å²) in [7, 11) is 0. The van der Waals surface area contributed by atoms with Crippen LogP contribution in [0.5, 0.6) is 0 Å². The Morgan fingerprint density at radius 3 is 2.71 bits per heavy atom. The maximum Gasteiger partial charge on any atom is 0.139 e. The van der Waals surface area contributed by atoms with E-state index in [0.717, 1.165) is 15.7 Å². The molecule has 108 valence electrons. The molecule has 0 unspecified atom stereocenters. The number of fused-ring (bicyclic) bond motifs is 1. The number of aryl methyl sites for hydroxylation is 1. The highest BCUT2D eigenvalue weighted by molar-refractivity contribution is 9.10. The van der Waals surface area contributed by atoms with Crippen molar-refractivity contribution in [2.45, 2.75) is 12.8 Å². The second-order valence-corrected chi connectivity index (χ2v) is 6.72. The molecule has 0 radical (unpaired) electrons. The number of hydrogen-bond acceptors (Lipinski definition) is 1. The second-order valence-electron chi connectivity index (χ2n) is 4.68. The van der Waals surface area contributed by atoms with E-state index in [4.69, 9.17) is 11.6 Å². The third-order valence-corrected chi connectivity index (χ3v) is 4.64. The van der Waals surface area contributed by atoms with Crippen molar-refractivity contribution in [2.75, 3.05) is 0 Å². The fourth-order valence-corrected chi connectivity index (χ4v) is 3.16. The summed E-state index contributed by atoms with van der Waals surface area (Å²) in [6.45, 7) is 2.00. The molecule has 0 bridgehead atoms. The average molecular weight is 433 g/mol. The lowest BCUT2D eigenvalue weighted by molar-refractivity contribution is 0.622. The first-order chi connectivity index (χ1) is 10.0. The van der Waals surface area contributed by atoms with Crippen molar-refractivity contribution in [3.05, 3.63) is 56.5 Å². The smallest absolute Gasteiger partial charge is 0.139 e. The summed E-state index contributed by atoms with van der Waals surface area (Å²) in [5.41, 5.74) is 3.40. The molecule has 0 aliphatic carbocycles. The van der Waals surface area contributed by atoms with E-state index in [1.807, 2.05) is 29.7 Å². The van der Waals surface area contributed by atoms with E-state index in [9.17, 15) is 4.39 Å². The number of hydrogen-bond donors (Lipinski definition) is 0. The maximum atomic E-state index is 13.9. The van der Waals surface area contributed by atoms with Gasteiger partial charge < -0.3 is 0 Å². The predicted octanol–water partition coefficient (Wildman–Crippen LogP) is 5.74. The molecule has 0 amide bonds. The van der Waals surface area contributed by atoms with Crippen LogP contribution in [0.25, 0.3) is 16.7 Å². The molecule has 0 atom stereocenters. The van der Waals surface area contributed by atoms with Crippen molar-refractivity contribution in [3.63, 3.8) is 0 Å². The molecule has 0 N–H and O–H groups in total. The van der Waals surface area contributed by atoms with Gasteiger partial charge in [-0.3, -0.25) is 4.57 Å². The third-order valence-electron chi connectivity index (χ3n) is 3.30. The lowest BCUT2D eigenvalue weighted by Gasteiger charge is -2.12. The molecule has 1 aromatic heterocycles. The van der Waals surface area contributed by atoms with Gasteiger partial charge in [0, 0.05) is 10.5 Å². The maximum absolute atomic E-state index is 13.9. The lowest BCUT2D eigenvalue weighted by atomic mass is 10.2. The molecule has 0 spiro atoms. The van der Waals surface area contributed by atoms with Gasteiger partial charge in [-0.05, 0) is 46.6 Å². The van der Waals surface area contributed by atoms with Crippen LogP contribution in [-0.2, 0) is 5.88 Å². The predicted molar refractivity (Wildman–Crippen MR) is 90.7 cm³/mol. The SMILES string of the molecule is Cc1ccc(Br)cc1-n1c(CCl)nc2cc(Br)c(F)cc21. The van der Waals surface area contributed by atoms with Crippen LogP contribution in [0.4, 0.5) is 4.39 Å². The second kappa shape index (κ2) is 5.71. The summed E-state index contributed by atoms with van der Waals surface area (Å²) >= 11 is 12.7. The van der Waals surface area contributed by atoms with E-state index in [2.05, 4.69) is 36.8 Å². The number of aromatic nitrogens is 2. The normalized spacial score (nSPS) is 11.3. The summed E-state index contributed by atoms with van der Waals surface area (Å²) in [4.78, 5) is 4.50. The molecule has 3 aromatic rings. The van der Waals surface area contributed by atoms with E-state index in [1.165, 1.54) is 6.07 Å². The third kappa shape index (κ3) is 2.62. The molecule has 2 aromatic carbocycles. The molecule has 21 heavy (non-hydrogen) atoms. The largest absolute Gasteiger partial charge is 0.295 e. The van der Waals surface area contributed by atoms with Crippen LogP contribution in [0, 0.1) is 12.7 Å². The van der Waals surface area contributed by atoms with Crippen molar-refractivity contribution < 1.29 is 4.39 Å². The van der Waals surface area contributed by atoms with Crippen LogP contribution in [0.2, 0.25) is 0 Å². The Morgan fingerprint density at radius 2 is 2.00 bits per heavy atom. The summed E-state index contributed by atoms with van der Waals surface area (Å²) < 4.78 is 17.2. The highest BCUT2D eigenvalue weighted by Crippen LogP contribution is 2.30. The summed E-state index contributed by atoms with van der Waals surface area (Å²) in [6, 6.07) is 9.09. The zero-order chi connectivity index (χ0) is 15.1. The van der Waals surface area contributed by atoms with Gasteiger partial charge in [0.15, 0.2) is 0 Å². The van der Waals surface area contributed by atoms with Crippen molar-refractivity contribution in [3.8, 4) is 5.69 Å². The Hall–Kier alpha value is -0.910. The first-order valence-corrected chi connectivity index (χ1v) is 8.32. The molecular weight excluding hydrogens is 422 g/mol. The van der Waals surface area contributed by atoms with Crippen molar-refractivity contribution >= 4 is 54.5 Å². The average Bonchev–Trinajstić information content (AvgIpc) is 2.79. The minimum atomic E-state index is -0.322. The van der Waals surface area contributed by atoms with Gasteiger partial charge in [0.1, 0.15) is 11.6 Å². The molecule has 6 heteroatoms. The van der Waals surface area contributed by atoms with Crippen LogP contribution < -0.4 is 0 Å². The minimum absolute atomic E-state index is 0.250. The molecule has 0 saturated heterocycles. The number of alkyl halides is 1. The van der Waals surface area contributed by atoms with E-state index in [0.29, 0.717) is 21.3 Å². The summed E-state index contributed by atoms with van der Waals surface area (Å²) in [6.07, 6.45) is 0. The number of nitrogens with zero attached hydrogens (tertiary/aromatic N) is 2. The van der Waals surface area contributed by atoms with Gasteiger partial charge in [0.25, 0.3) is 0 Å². The molecule has 3 rings (SSSR count). The van der Waals surface area contributed by atoms with Gasteiger partial charge >= 0.3 is 0 Å². The van der Waals surface area contributed by atoms with Crippen LogP contribution in [-0.4, -0.2) is 9.55 Å². The first-order valence-electron chi connectivity index (χ1n) is 6.20. The fourth-order valence-electron chi connectivity index (χ4n) is 2.30. The molecule has 0 aliphatic rings. The Labute approximate surface area is 143 Å². The number of rotatable bonds is 2. The standard InChI is InChI=1S/C15H10Br2ClFN2/c1-8-2-3-9(16)4-13(8)21-14-6-11(19)10(17)5-12(14)20-15(21)7-18/h2-6H,7H2,1H3. The number of imidazole rings is 1. The first kappa shape index (κ1) is 15.0. The summed E-state index contributed by atoms with van der Waals surface area (Å²) in [5, 5.41) is 0. The molecule has 1 heterocycles. The van der Waals surface area contributed by atoms with Crippen LogP contribution in [0.3, 0.4) is 0 Å². The molecular formula is C15H10Br2ClFN2. The number of benzene rings is 2. The fraction of sp³-hybridized carbons (Fsp3) is 0.133. The van der Waals surface area contributed by atoms with Crippen molar-refractivity contribution in [1.82, 2.24) is 9.55 Å². The monoisotopic (exact) mass is 430 g/mol. The van der Waals surface area contributed by atoms with E-state index in [1.54, 1.807) is 6.07 Å². The Balaban J connectivity index is 2.40. The van der Waals surface area contributed by atoms with Crippen LogP contribution in [0.1, 0.15) is 11.4 Å². The number of halogens is 4. The zero-order valence-corrected chi connectivity index (χ0v) is 14.9. The van der Waals surface area contributed by atoms with Gasteiger partial charge in [-0.15, -0.1) is 11.6 Å². The Kier molecular flexibility index (Phi) is 4.08. The van der Waals surface area contributed by atoms with Crippen LogP contribution in [0.15, 0.2) is 39.3 Å². The quantitative estimate of drug-likeness (QED) is 0.473. The van der Waals surface area contributed by atoms with E-state index < -0.39 is 0 Å². The van der Waals surface area contributed by atoms with E-state index >= 15 is 0 Å². The molecule has 2 nitrogen and oxygen atoms in total. The lowest BCUT2D eigenvalue weighted by Crippen LogP contribution is -2.01. The summed E-state index contributed by atoms with van der Waals surface area (Å²) in [5.74, 6) is 0.614. The topological polar surface area (TPSA) is 17.8 Å². The minimum Gasteiger partial charge on any atom is -0.295 e. The van der Waals surface area contributed by atoms with Gasteiger partial charge in [0.05, 0.1) is 27.1 Å². The van der Waals surface area contributed by atoms with Gasteiger partial charge in [-0.2, -0.15) is 0 Å². The Morgan fingerprint density at radius 1 is 1.24 bits per heavy atom.